The van der Waals surface area contributed by atoms with Gasteiger partial charge >= 0.3 is 0 Å². The molecule has 0 N–H and O–H groups in total. The molecule has 2 aromatic heterocycles. The lowest BCUT2D eigenvalue weighted by Crippen LogP contribution is -2.03. The van der Waals surface area contributed by atoms with Crippen LogP contribution >= 0.6 is 0 Å². The second kappa shape index (κ2) is 5.33. The summed E-state index contributed by atoms with van der Waals surface area (Å²) in [5.74, 6) is 1.77. The number of nitrogens with zero attached hydrogens (tertiary/aromatic N) is 3. The third-order valence-electron chi connectivity index (χ3n) is 3.40. The van der Waals surface area contributed by atoms with Crippen LogP contribution in [0.25, 0.3) is 11.0 Å². The Morgan fingerprint density at radius 2 is 2.05 bits per heavy atom. The second-order valence-electron chi connectivity index (χ2n) is 4.67. The molecular weight excluding hydrogens is 250 g/mol. The van der Waals surface area contributed by atoms with Gasteiger partial charge in [0.25, 0.3) is 0 Å². The molecule has 0 saturated heterocycles. The molecule has 102 valence electrons. The zero-order valence-corrected chi connectivity index (χ0v) is 11.7. The van der Waals surface area contributed by atoms with Crippen LogP contribution in [0.4, 0.5) is 0 Å². The van der Waals surface area contributed by atoms with E-state index < -0.39 is 0 Å². The average Bonchev–Trinajstić information content (AvgIpc) is 2.90. The molecule has 0 aliphatic rings. The molecule has 0 bridgehead atoms. The van der Waals surface area contributed by atoms with Crippen molar-refractivity contribution in [1.29, 1.82) is 0 Å². The normalized spacial score (nSPS) is 10.9. The standard InChI is InChI=1S/C16H17N3O/c1-3-15-17-10-12-8-9-19(16(12)18-15)11-13-6-4-5-7-14(13)20-2/h4-10H,3,11H2,1-2H3. The summed E-state index contributed by atoms with van der Waals surface area (Å²) in [5, 5.41) is 1.07. The molecule has 3 rings (SSSR count). The highest BCUT2D eigenvalue weighted by atomic mass is 16.5. The topological polar surface area (TPSA) is 39.9 Å². The van der Waals surface area contributed by atoms with Crippen LogP contribution in [0.3, 0.4) is 0 Å². The Balaban J connectivity index is 2.02. The molecule has 20 heavy (non-hydrogen) atoms. The summed E-state index contributed by atoms with van der Waals surface area (Å²) in [6, 6.07) is 10.1. The fourth-order valence-corrected chi connectivity index (χ4v) is 2.32. The van der Waals surface area contributed by atoms with E-state index in [1.54, 1.807) is 7.11 Å². The van der Waals surface area contributed by atoms with E-state index in [4.69, 9.17) is 4.74 Å². The quantitative estimate of drug-likeness (QED) is 0.729. The van der Waals surface area contributed by atoms with E-state index in [0.29, 0.717) is 0 Å². The van der Waals surface area contributed by atoms with E-state index >= 15 is 0 Å². The van der Waals surface area contributed by atoms with Crippen LogP contribution in [-0.2, 0) is 13.0 Å². The van der Waals surface area contributed by atoms with Gasteiger partial charge in [0.15, 0.2) is 0 Å². The van der Waals surface area contributed by atoms with Crippen LogP contribution in [0.5, 0.6) is 5.75 Å². The van der Waals surface area contributed by atoms with Gasteiger partial charge in [-0.15, -0.1) is 0 Å². The zero-order valence-electron chi connectivity index (χ0n) is 11.7. The molecule has 4 nitrogen and oxygen atoms in total. The van der Waals surface area contributed by atoms with E-state index in [1.165, 1.54) is 0 Å². The molecule has 2 heterocycles. The van der Waals surface area contributed by atoms with E-state index in [9.17, 15) is 0 Å². The SMILES string of the molecule is CCc1ncc2ccn(Cc3ccccc3OC)c2n1. The minimum Gasteiger partial charge on any atom is -0.496 e. The summed E-state index contributed by atoms with van der Waals surface area (Å²) in [7, 11) is 1.70. The van der Waals surface area contributed by atoms with Crippen molar-refractivity contribution in [3.05, 3.63) is 54.1 Å². The van der Waals surface area contributed by atoms with Crippen molar-refractivity contribution in [1.82, 2.24) is 14.5 Å². The van der Waals surface area contributed by atoms with Gasteiger partial charge in [-0.05, 0) is 12.1 Å². The third kappa shape index (κ3) is 2.25. The van der Waals surface area contributed by atoms with Gasteiger partial charge in [0.2, 0.25) is 0 Å². The monoisotopic (exact) mass is 267 g/mol. The number of para-hydroxylation sites is 1. The molecule has 1 aromatic carbocycles. The van der Waals surface area contributed by atoms with Gasteiger partial charge in [0.05, 0.1) is 13.7 Å². The fourth-order valence-electron chi connectivity index (χ4n) is 2.32. The molecule has 0 spiro atoms. The lowest BCUT2D eigenvalue weighted by atomic mass is 10.2. The molecule has 0 aliphatic carbocycles. The minimum absolute atomic E-state index is 0.744. The van der Waals surface area contributed by atoms with Crippen LogP contribution in [0.1, 0.15) is 18.3 Å². The summed E-state index contributed by atoms with van der Waals surface area (Å²) in [4.78, 5) is 8.95. The molecule has 0 aliphatic heterocycles. The van der Waals surface area contributed by atoms with Gasteiger partial charge in [0.1, 0.15) is 17.2 Å². The molecule has 0 radical (unpaired) electrons. The Kier molecular flexibility index (Phi) is 3.37. The lowest BCUT2D eigenvalue weighted by Gasteiger charge is -2.10. The summed E-state index contributed by atoms with van der Waals surface area (Å²) in [6.45, 7) is 2.81. The smallest absolute Gasteiger partial charge is 0.143 e. The first-order valence-electron chi connectivity index (χ1n) is 6.74. The molecule has 0 saturated carbocycles. The van der Waals surface area contributed by atoms with Crippen LogP contribution in [0, 0.1) is 0 Å². The largest absolute Gasteiger partial charge is 0.496 e. The summed E-state index contributed by atoms with van der Waals surface area (Å²) < 4.78 is 7.54. The van der Waals surface area contributed by atoms with Crippen molar-refractivity contribution < 1.29 is 4.74 Å². The Hall–Kier alpha value is -2.36. The van der Waals surface area contributed by atoms with Gasteiger partial charge in [-0.3, -0.25) is 0 Å². The van der Waals surface area contributed by atoms with Crippen molar-refractivity contribution in [3.8, 4) is 5.75 Å². The maximum absolute atomic E-state index is 5.40. The Labute approximate surface area is 118 Å². The highest BCUT2D eigenvalue weighted by molar-refractivity contribution is 5.75. The number of rotatable bonds is 4. The molecule has 0 unspecified atom stereocenters. The third-order valence-corrected chi connectivity index (χ3v) is 3.40. The second-order valence-corrected chi connectivity index (χ2v) is 4.67. The predicted molar refractivity (Wildman–Crippen MR) is 79.0 cm³/mol. The van der Waals surface area contributed by atoms with Crippen molar-refractivity contribution in [2.75, 3.05) is 7.11 Å². The van der Waals surface area contributed by atoms with Gasteiger partial charge in [0, 0.05) is 29.8 Å². The number of hydrogen-bond donors (Lipinski definition) is 0. The van der Waals surface area contributed by atoms with Crippen LogP contribution in [-0.4, -0.2) is 21.6 Å². The minimum atomic E-state index is 0.744. The fraction of sp³-hybridized carbons (Fsp3) is 0.250. The van der Waals surface area contributed by atoms with E-state index in [2.05, 4.69) is 27.5 Å². The van der Waals surface area contributed by atoms with Crippen molar-refractivity contribution >= 4 is 11.0 Å². The van der Waals surface area contributed by atoms with E-state index in [-0.39, 0.29) is 0 Å². The number of fused-ring (bicyclic) bond motifs is 1. The Morgan fingerprint density at radius 1 is 1.20 bits per heavy atom. The predicted octanol–water partition coefficient (Wildman–Crippen LogP) is 3.05. The summed E-state index contributed by atoms with van der Waals surface area (Å²) in [6.07, 6.45) is 4.78. The number of hydrogen-bond acceptors (Lipinski definition) is 3. The van der Waals surface area contributed by atoms with Gasteiger partial charge in [-0.1, -0.05) is 25.1 Å². The Morgan fingerprint density at radius 3 is 2.85 bits per heavy atom. The molecule has 0 fully saturated rings. The Bertz CT molecular complexity index is 733. The number of methoxy groups -OCH3 is 1. The highest BCUT2D eigenvalue weighted by Gasteiger charge is 2.07. The summed E-state index contributed by atoms with van der Waals surface area (Å²) >= 11 is 0. The van der Waals surface area contributed by atoms with Crippen molar-refractivity contribution in [2.24, 2.45) is 0 Å². The molecule has 3 aromatic rings. The van der Waals surface area contributed by atoms with E-state index in [0.717, 1.165) is 41.1 Å². The lowest BCUT2D eigenvalue weighted by molar-refractivity contribution is 0.408. The number of ether oxygens (including phenoxy) is 1. The van der Waals surface area contributed by atoms with Crippen molar-refractivity contribution in [2.45, 2.75) is 19.9 Å². The maximum atomic E-state index is 5.40. The van der Waals surface area contributed by atoms with Crippen LogP contribution in [0.15, 0.2) is 42.7 Å². The van der Waals surface area contributed by atoms with Crippen LogP contribution < -0.4 is 4.74 Å². The molecular formula is C16H17N3O. The molecule has 0 amide bonds. The highest BCUT2D eigenvalue weighted by Crippen LogP contribution is 2.21. The first-order chi connectivity index (χ1) is 9.81. The zero-order chi connectivity index (χ0) is 13.9. The first-order valence-corrected chi connectivity index (χ1v) is 6.74. The van der Waals surface area contributed by atoms with Crippen LogP contribution in [0.2, 0.25) is 0 Å². The van der Waals surface area contributed by atoms with Gasteiger partial charge in [-0.25, -0.2) is 9.97 Å². The maximum Gasteiger partial charge on any atom is 0.143 e. The first kappa shape index (κ1) is 12.7. The molecule has 0 atom stereocenters. The number of benzene rings is 1. The number of aryl methyl sites for hydroxylation is 1. The van der Waals surface area contributed by atoms with E-state index in [1.807, 2.05) is 36.7 Å². The van der Waals surface area contributed by atoms with Gasteiger partial charge in [-0.2, -0.15) is 0 Å². The van der Waals surface area contributed by atoms with Gasteiger partial charge < -0.3 is 9.30 Å². The number of aromatic nitrogens is 3. The molecule has 4 heteroatoms. The average molecular weight is 267 g/mol. The summed E-state index contributed by atoms with van der Waals surface area (Å²) in [5.41, 5.74) is 2.12. The van der Waals surface area contributed by atoms with Crippen molar-refractivity contribution in [3.63, 3.8) is 0 Å².